The number of nitrogens with zero attached hydrogens (tertiary/aromatic N) is 1. The summed E-state index contributed by atoms with van der Waals surface area (Å²) < 4.78 is 0. The van der Waals surface area contributed by atoms with Crippen molar-refractivity contribution < 1.29 is 5.11 Å². The molecule has 2 atom stereocenters. The minimum absolute atomic E-state index is 0.116. The molecule has 1 aliphatic heterocycles. The van der Waals surface area contributed by atoms with Gasteiger partial charge in [-0.15, -0.1) is 0 Å². The van der Waals surface area contributed by atoms with Gasteiger partial charge in [-0.3, -0.25) is 0 Å². The van der Waals surface area contributed by atoms with E-state index in [2.05, 4.69) is 37.1 Å². The zero-order valence-electron chi connectivity index (χ0n) is 11.2. The Morgan fingerprint density at radius 2 is 2.11 bits per heavy atom. The Bertz CT molecular complexity index is 413. The number of aliphatic hydroxyl groups excluding tert-OH is 1. The van der Waals surface area contributed by atoms with Crippen LogP contribution in [0, 0.1) is 13.8 Å². The molecule has 1 heterocycles. The van der Waals surface area contributed by atoms with Gasteiger partial charge in [-0.1, -0.05) is 17.7 Å². The smallest absolute Gasteiger partial charge is 0.0644 e. The summed E-state index contributed by atoms with van der Waals surface area (Å²) in [7, 11) is 0. The first-order valence-electron chi connectivity index (χ1n) is 6.40. The highest BCUT2D eigenvalue weighted by molar-refractivity contribution is 6.33. The molecule has 0 bridgehead atoms. The summed E-state index contributed by atoms with van der Waals surface area (Å²) in [6.45, 7) is 8.15. The molecule has 0 saturated carbocycles. The summed E-state index contributed by atoms with van der Waals surface area (Å²) >= 11 is 6.38. The lowest BCUT2D eigenvalue weighted by Gasteiger charge is -2.39. The normalized spacial score (nSPS) is 24.4. The fraction of sp³-hybridized carbons (Fsp3) is 0.571. The van der Waals surface area contributed by atoms with Crippen molar-refractivity contribution in [3.05, 3.63) is 28.3 Å². The Hall–Kier alpha value is -0.770. The van der Waals surface area contributed by atoms with E-state index in [0.29, 0.717) is 6.04 Å². The number of aryl methyl sites for hydroxylation is 2. The van der Waals surface area contributed by atoms with Gasteiger partial charge >= 0.3 is 0 Å². The molecule has 2 rings (SSSR count). The van der Waals surface area contributed by atoms with Gasteiger partial charge in [0.1, 0.15) is 0 Å². The molecular weight excluding hydrogens is 248 g/mol. The van der Waals surface area contributed by atoms with Gasteiger partial charge in [0, 0.05) is 25.2 Å². The van der Waals surface area contributed by atoms with Gasteiger partial charge in [0.05, 0.1) is 17.3 Å². The van der Waals surface area contributed by atoms with Crippen LogP contribution in [0.25, 0.3) is 0 Å². The third-order valence-electron chi connectivity index (χ3n) is 3.39. The number of halogens is 1. The molecule has 18 heavy (non-hydrogen) atoms. The number of rotatable bonds is 2. The zero-order chi connectivity index (χ0) is 13.3. The minimum Gasteiger partial charge on any atom is -0.395 e. The maximum absolute atomic E-state index is 9.33. The number of hydrogen-bond acceptors (Lipinski definition) is 3. The molecule has 1 aromatic carbocycles. The molecule has 0 radical (unpaired) electrons. The van der Waals surface area contributed by atoms with Gasteiger partial charge in [-0.05, 0) is 38.0 Å². The van der Waals surface area contributed by atoms with Crippen molar-refractivity contribution in [1.82, 2.24) is 5.32 Å². The predicted molar refractivity (Wildman–Crippen MR) is 76.6 cm³/mol. The van der Waals surface area contributed by atoms with E-state index in [1.54, 1.807) is 0 Å². The van der Waals surface area contributed by atoms with Crippen molar-refractivity contribution in [2.45, 2.75) is 32.9 Å². The Kier molecular flexibility index (Phi) is 4.15. The van der Waals surface area contributed by atoms with Gasteiger partial charge in [0.2, 0.25) is 0 Å². The molecule has 1 aromatic rings. The molecule has 1 saturated heterocycles. The lowest BCUT2D eigenvalue weighted by Crippen LogP contribution is -2.57. The Balaban J connectivity index is 2.30. The van der Waals surface area contributed by atoms with E-state index in [1.807, 2.05) is 6.07 Å². The van der Waals surface area contributed by atoms with E-state index in [4.69, 9.17) is 11.6 Å². The zero-order valence-corrected chi connectivity index (χ0v) is 12.0. The van der Waals surface area contributed by atoms with Gasteiger partial charge in [0.15, 0.2) is 0 Å². The molecule has 0 aromatic heterocycles. The molecule has 0 spiro atoms. The number of nitrogens with one attached hydrogen (secondary N) is 1. The summed E-state index contributed by atoms with van der Waals surface area (Å²) in [6.07, 6.45) is 0. The van der Waals surface area contributed by atoms with Crippen LogP contribution in [0.3, 0.4) is 0 Å². The predicted octanol–water partition coefficient (Wildman–Crippen LogP) is 2.12. The standard InChI is InChI=1S/C14H21ClN2O/c1-9-4-10(2)14(13(15)5-9)17-6-11(3)16-12(7-17)8-18/h4-5,11-12,16,18H,6-8H2,1-3H3. The first-order valence-corrected chi connectivity index (χ1v) is 6.77. The van der Waals surface area contributed by atoms with Crippen LogP contribution < -0.4 is 10.2 Å². The highest BCUT2D eigenvalue weighted by Crippen LogP contribution is 2.32. The minimum atomic E-state index is 0.116. The van der Waals surface area contributed by atoms with Gasteiger partial charge in [-0.2, -0.15) is 0 Å². The molecule has 100 valence electrons. The maximum Gasteiger partial charge on any atom is 0.0644 e. The van der Waals surface area contributed by atoms with Crippen molar-refractivity contribution in [1.29, 1.82) is 0 Å². The SMILES string of the molecule is Cc1cc(C)c(N2CC(C)NC(CO)C2)c(Cl)c1. The van der Waals surface area contributed by atoms with Crippen LogP contribution in [0.2, 0.25) is 5.02 Å². The van der Waals surface area contributed by atoms with E-state index in [-0.39, 0.29) is 12.6 Å². The summed E-state index contributed by atoms with van der Waals surface area (Å²) in [5.74, 6) is 0. The number of benzene rings is 1. The van der Waals surface area contributed by atoms with E-state index < -0.39 is 0 Å². The maximum atomic E-state index is 9.33. The van der Waals surface area contributed by atoms with Crippen LogP contribution in [0.4, 0.5) is 5.69 Å². The van der Waals surface area contributed by atoms with Crippen LogP contribution >= 0.6 is 11.6 Å². The number of aliphatic hydroxyl groups is 1. The summed E-state index contributed by atoms with van der Waals surface area (Å²) in [5.41, 5.74) is 3.49. The number of anilines is 1. The van der Waals surface area contributed by atoms with Crippen LogP contribution in [0.1, 0.15) is 18.1 Å². The largest absolute Gasteiger partial charge is 0.395 e. The van der Waals surface area contributed by atoms with E-state index >= 15 is 0 Å². The monoisotopic (exact) mass is 268 g/mol. The summed E-state index contributed by atoms with van der Waals surface area (Å²) in [5, 5.41) is 13.5. The highest BCUT2D eigenvalue weighted by atomic mass is 35.5. The first kappa shape index (κ1) is 13.7. The third kappa shape index (κ3) is 2.79. The lowest BCUT2D eigenvalue weighted by atomic mass is 10.1. The van der Waals surface area contributed by atoms with Crippen molar-refractivity contribution in [3.8, 4) is 0 Å². The fourth-order valence-corrected chi connectivity index (χ4v) is 3.22. The number of piperazine rings is 1. The molecule has 0 aliphatic carbocycles. The Labute approximate surface area is 114 Å². The first-order chi connectivity index (χ1) is 8.51. The van der Waals surface area contributed by atoms with Gasteiger partial charge in [0.25, 0.3) is 0 Å². The molecule has 3 nitrogen and oxygen atoms in total. The lowest BCUT2D eigenvalue weighted by molar-refractivity contribution is 0.221. The number of hydrogen-bond donors (Lipinski definition) is 2. The second-order valence-electron chi connectivity index (χ2n) is 5.26. The van der Waals surface area contributed by atoms with E-state index in [0.717, 1.165) is 23.8 Å². The van der Waals surface area contributed by atoms with Crippen molar-refractivity contribution in [2.24, 2.45) is 0 Å². The van der Waals surface area contributed by atoms with Crippen LogP contribution in [-0.4, -0.2) is 36.9 Å². The molecule has 2 unspecified atom stereocenters. The third-order valence-corrected chi connectivity index (χ3v) is 3.68. The van der Waals surface area contributed by atoms with Crippen molar-refractivity contribution in [2.75, 3.05) is 24.6 Å². The van der Waals surface area contributed by atoms with Crippen LogP contribution in [0.5, 0.6) is 0 Å². The second kappa shape index (κ2) is 5.47. The molecule has 1 fully saturated rings. The second-order valence-corrected chi connectivity index (χ2v) is 5.67. The van der Waals surface area contributed by atoms with Crippen LogP contribution in [-0.2, 0) is 0 Å². The summed E-state index contributed by atoms with van der Waals surface area (Å²) in [4.78, 5) is 2.28. The average Bonchev–Trinajstić information content (AvgIpc) is 2.26. The van der Waals surface area contributed by atoms with E-state index in [9.17, 15) is 5.11 Å². The molecule has 2 N–H and O–H groups in total. The van der Waals surface area contributed by atoms with Crippen molar-refractivity contribution in [3.63, 3.8) is 0 Å². The van der Waals surface area contributed by atoms with Gasteiger partial charge < -0.3 is 15.3 Å². The molecule has 0 amide bonds. The average molecular weight is 269 g/mol. The molecule has 1 aliphatic rings. The molecule has 4 heteroatoms. The van der Waals surface area contributed by atoms with Gasteiger partial charge in [-0.25, -0.2) is 0 Å². The highest BCUT2D eigenvalue weighted by Gasteiger charge is 2.25. The van der Waals surface area contributed by atoms with Crippen LogP contribution in [0.15, 0.2) is 12.1 Å². The van der Waals surface area contributed by atoms with Crippen molar-refractivity contribution >= 4 is 17.3 Å². The quantitative estimate of drug-likeness (QED) is 0.863. The fourth-order valence-electron chi connectivity index (χ4n) is 2.78. The summed E-state index contributed by atoms with van der Waals surface area (Å²) in [6, 6.07) is 4.63. The Morgan fingerprint density at radius 1 is 1.39 bits per heavy atom. The van der Waals surface area contributed by atoms with E-state index in [1.165, 1.54) is 11.1 Å². The Morgan fingerprint density at radius 3 is 2.72 bits per heavy atom. The molecular formula is C14H21ClN2O. The topological polar surface area (TPSA) is 35.5 Å².